The van der Waals surface area contributed by atoms with E-state index in [1.54, 1.807) is 21.3 Å². The third-order valence-electron chi connectivity index (χ3n) is 7.19. The number of carbonyl (C=O) groups is 1. The zero-order valence-corrected chi connectivity index (χ0v) is 21.2. The van der Waals surface area contributed by atoms with E-state index in [0.29, 0.717) is 30.1 Å². The first-order chi connectivity index (χ1) is 17.6. The van der Waals surface area contributed by atoms with Gasteiger partial charge in [0.05, 0.1) is 38.7 Å². The van der Waals surface area contributed by atoms with Crippen LogP contribution >= 0.6 is 0 Å². The van der Waals surface area contributed by atoms with Gasteiger partial charge in [-0.1, -0.05) is 43.3 Å². The molecular weight excluding hydrogens is 452 g/mol. The molecule has 2 aliphatic rings. The van der Waals surface area contributed by atoms with E-state index < -0.39 is 0 Å². The summed E-state index contributed by atoms with van der Waals surface area (Å²) < 4.78 is 16.6. The molecule has 0 radical (unpaired) electrons. The lowest BCUT2D eigenvalue weighted by Crippen LogP contribution is -2.27. The van der Waals surface area contributed by atoms with E-state index in [1.807, 2.05) is 30.3 Å². The smallest absolute Gasteiger partial charge is 0.203 e. The average molecular weight is 485 g/mol. The van der Waals surface area contributed by atoms with Crippen molar-refractivity contribution >= 4 is 17.2 Å². The van der Waals surface area contributed by atoms with Crippen molar-refractivity contribution in [3.05, 3.63) is 88.6 Å². The molecule has 0 saturated heterocycles. The van der Waals surface area contributed by atoms with Crippen LogP contribution in [-0.2, 0) is 11.2 Å². The van der Waals surface area contributed by atoms with Gasteiger partial charge >= 0.3 is 0 Å². The van der Waals surface area contributed by atoms with E-state index in [2.05, 4.69) is 47.9 Å². The van der Waals surface area contributed by atoms with Crippen LogP contribution in [0.15, 0.2) is 71.9 Å². The van der Waals surface area contributed by atoms with E-state index in [-0.39, 0.29) is 17.7 Å². The number of ketones is 1. The van der Waals surface area contributed by atoms with Gasteiger partial charge in [0.2, 0.25) is 5.75 Å². The van der Waals surface area contributed by atoms with Gasteiger partial charge in [-0.05, 0) is 59.7 Å². The lowest BCUT2D eigenvalue weighted by atomic mass is 9.78. The summed E-state index contributed by atoms with van der Waals surface area (Å²) in [5.41, 5.74) is 7.05. The van der Waals surface area contributed by atoms with Crippen molar-refractivity contribution in [3.8, 4) is 17.2 Å². The Hall–Kier alpha value is -3.93. The number of allylic oxidation sites excluding steroid dienone is 1. The van der Waals surface area contributed by atoms with Gasteiger partial charge in [0.1, 0.15) is 0 Å². The molecule has 0 spiro atoms. The summed E-state index contributed by atoms with van der Waals surface area (Å²) in [6.45, 7) is 2.15. The fourth-order valence-corrected chi connectivity index (χ4v) is 5.26. The van der Waals surface area contributed by atoms with Gasteiger partial charge in [-0.15, -0.1) is 0 Å². The number of rotatable bonds is 6. The van der Waals surface area contributed by atoms with Gasteiger partial charge in [-0.3, -0.25) is 4.79 Å². The number of benzene rings is 3. The van der Waals surface area contributed by atoms with Crippen LogP contribution in [0.3, 0.4) is 0 Å². The monoisotopic (exact) mass is 484 g/mol. The molecule has 3 aromatic rings. The van der Waals surface area contributed by atoms with Crippen molar-refractivity contribution in [1.29, 1.82) is 0 Å². The highest BCUT2D eigenvalue weighted by atomic mass is 16.5. The first-order valence-electron chi connectivity index (χ1n) is 12.3. The zero-order valence-electron chi connectivity index (χ0n) is 21.2. The fourth-order valence-electron chi connectivity index (χ4n) is 5.26. The number of hydrogen-bond acceptors (Lipinski definition) is 6. The highest BCUT2D eigenvalue weighted by Crippen LogP contribution is 2.47. The van der Waals surface area contributed by atoms with Crippen LogP contribution in [-0.4, -0.2) is 27.1 Å². The number of nitrogens with one attached hydrogen (secondary N) is 2. The second kappa shape index (κ2) is 9.97. The lowest BCUT2D eigenvalue weighted by molar-refractivity contribution is -0.116. The van der Waals surface area contributed by atoms with Crippen LogP contribution in [0.2, 0.25) is 0 Å². The molecule has 0 amide bonds. The summed E-state index contributed by atoms with van der Waals surface area (Å²) in [7, 11) is 4.81. The predicted molar refractivity (Wildman–Crippen MR) is 142 cm³/mol. The predicted octanol–water partition coefficient (Wildman–Crippen LogP) is 6.25. The summed E-state index contributed by atoms with van der Waals surface area (Å²) in [4.78, 5) is 13.8. The Morgan fingerprint density at radius 1 is 0.833 bits per heavy atom. The van der Waals surface area contributed by atoms with Gasteiger partial charge in [0.15, 0.2) is 17.3 Å². The number of hydrogen-bond donors (Lipinski definition) is 2. The minimum absolute atomic E-state index is 0.0224. The van der Waals surface area contributed by atoms with Crippen LogP contribution in [0.5, 0.6) is 17.2 Å². The van der Waals surface area contributed by atoms with Crippen molar-refractivity contribution in [2.24, 2.45) is 0 Å². The average Bonchev–Trinajstić information content (AvgIpc) is 3.09. The minimum Gasteiger partial charge on any atom is -0.493 e. The standard InChI is InChI=1S/C30H32N2O4/c1-5-18-10-12-19(13-11-18)29-28-24(31-22-8-6-7-9-23(22)32-29)14-20(15-25(28)33)21-16-26(34-2)30(36-4)27(17-21)35-3/h6-13,16-17,20,29,31-32H,5,14-15H2,1-4H3. The number of Topliss-reactive ketones (excluding diaryl/α,β-unsaturated/α-hetero) is 1. The van der Waals surface area contributed by atoms with E-state index in [4.69, 9.17) is 14.2 Å². The van der Waals surface area contributed by atoms with E-state index in [9.17, 15) is 4.79 Å². The second-order valence-electron chi connectivity index (χ2n) is 9.22. The third-order valence-corrected chi connectivity index (χ3v) is 7.19. The van der Waals surface area contributed by atoms with Gasteiger partial charge in [0.25, 0.3) is 0 Å². The summed E-state index contributed by atoms with van der Waals surface area (Å²) in [6.07, 6.45) is 2.08. The maximum absolute atomic E-state index is 13.8. The Bertz CT molecular complexity index is 1290. The van der Waals surface area contributed by atoms with Crippen LogP contribution < -0.4 is 24.8 Å². The Morgan fingerprint density at radius 2 is 1.50 bits per heavy atom. The van der Waals surface area contributed by atoms with Crippen molar-refractivity contribution < 1.29 is 19.0 Å². The molecule has 2 N–H and O–H groups in total. The molecule has 0 saturated carbocycles. The van der Waals surface area contributed by atoms with E-state index >= 15 is 0 Å². The molecule has 0 fully saturated rings. The van der Waals surface area contributed by atoms with Crippen LogP contribution in [0.4, 0.5) is 11.4 Å². The molecule has 1 aliphatic carbocycles. The number of ether oxygens (including phenoxy) is 3. The third kappa shape index (κ3) is 4.28. The highest BCUT2D eigenvalue weighted by Gasteiger charge is 2.36. The number of anilines is 2. The quantitative estimate of drug-likeness (QED) is 0.431. The molecule has 1 aliphatic heterocycles. The largest absolute Gasteiger partial charge is 0.493 e. The van der Waals surface area contributed by atoms with Crippen LogP contribution in [0.25, 0.3) is 0 Å². The SMILES string of the molecule is CCc1ccc(C2Nc3ccccc3NC3=C2C(=O)CC(c2cc(OC)c(OC)c(OC)c2)C3)cc1. The van der Waals surface area contributed by atoms with Crippen molar-refractivity contribution in [1.82, 2.24) is 0 Å². The molecule has 6 nitrogen and oxygen atoms in total. The molecule has 0 aromatic heterocycles. The zero-order chi connectivity index (χ0) is 25.2. The summed E-state index contributed by atoms with van der Waals surface area (Å²) in [5.74, 6) is 1.84. The number of fused-ring (bicyclic) bond motifs is 1. The Labute approximate surface area is 212 Å². The van der Waals surface area contributed by atoms with Crippen molar-refractivity contribution in [3.63, 3.8) is 0 Å². The minimum atomic E-state index is -0.226. The molecule has 186 valence electrons. The molecule has 6 heteroatoms. The van der Waals surface area contributed by atoms with Crippen molar-refractivity contribution in [2.45, 2.75) is 38.1 Å². The summed E-state index contributed by atoms with van der Waals surface area (Å²) in [5, 5.41) is 7.25. The number of methoxy groups -OCH3 is 3. The molecule has 2 unspecified atom stereocenters. The summed E-state index contributed by atoms with van der Waals surface area (Å²) >= 11 is 0. The number of para-hydroxylation sites is 2. The lowest BCUT2D eigenvalue weighted by Gasteiger charge is -2.30. The number of aryl methyl sites for hydroxylation is 1. The van der Waals surface area contributed by atoms with Crippen LogP contribution in [0.1, 0.15) is 48.4 Å². The molecule has 36 heavy (non-hydrogen) atoms. The molecule has 0 bridgehead atoms. The number of carbonyl (C=O) groups excluding carboxylic acids is 1. The maximum atomic E-state index is 13.8. The van der Waals surface area contributed by atoms with Gasteiger partial charge in [0, 0.05) is 17.7 Å². The Balaban J connectivity index is 1.58. The molecule has 2 atom stereocenters. The van der Waals surface area contributed by atoms with Crippen molar-refractivity contribution in [2.75, 3.05) is 32.0 Å². The van der Waals surface area contributed by atoms with Gasteiger partial charge < -0.3 is 24.8 Å². The highest BCUT2D eigenvalue weighted by molar-refractivity contribution is 6.01. The Morgan fingerprint density at radius 3 is 2.11 bits per heavy atom. The van der Waals surface area contributed by atoms with Gasteiger partial charge in [-0.25, -0.2) is 0 Å². The second-order valence-corrected chi connectivity index (χ2v) is 9.22. The fraction of sp³-hybridized carbons (Fsp3) is 0.300. The topological polar surface area (TPSA) is 68.8 Å². The van der Waals surface area contributed by atoms with E-state index in [1.165, 1.54) is 5.56 Å². The maximum Gasteiger partial charge on any atom is 0.203 e. The normalized spacial score (nSPS) is 18.8. The molecule has 5 rings (SSSR count). The van der Waals surface area contributed by atoms with Crippen LogP contribution in [0, 0.1) is 0 Å². The first kappa shape index (κ1) is 23.8. The molecule has 1 heterocycles. The molecular formula is C30H32N2O4. The van der Waals surface area contributed by atoms with E-state index in [0.717, 1.165) is 40.2 Å². The summed E-state index contributed by atoms with van der Waals surface area (Å²) in [6, 6.07) is 20.3. The molecule has 3 aromatic carbocycles. The Kier molecular flexibility index (Phi) is 6.59. The first-order valence-corrected chi connectivity index (χ1v) is 12.3. The van der Waals surface area contributed by atoms with Gasteiger partial charge in [-0.2, -0.15) is 0 Å².